The molecule has 0 atom stereocenters. The average Bonchev–Trinajstić information content (AvgIpc) is 3.10. The zero-order chi connectivity index (χ0) is 20.5. The van der Waals surface area contributed by atoms with Gasteiger partial charge >= 0.3 is 0 Å². The summed E-state index contributed by atoms with van der Waals surface area (Å²) in [5, 5.41) is 13.0. The summed E-state index contributed by atoms with van der Waals surface area (Å²) in [5.41, 5.74) is 9.93. The average molecular weight is 403 g/mol. The third-order valence-corrected chi connectivity index (χ3v) is 5.23. The van der Waals surface area contributed by atoms with Gasteiger partial charge in [-0.1, -0.05) is 0 Å². The SMILES string of the molecule is CNn1c(N)c2cnn(CCN3CCN(c4ccc(F)cc4F)CC3)c2nc1=N. The van der Waals surface area contributed by atoms with Crippen molar-refractivity contribution in [3.8, 4) is 0 Å². The van der Waals surface area contributed by atoms with Gasteiger partial charge in [-0.2, -0.15) is 10.1 Å². The zero-order valence-corrected chi connectivity index (χ0v) is 16.1. The van der Waals surface area contributed by atoms with Gasteiger partial charge in [0, 0.05) is 45.8 Å². The summed E-state index contributed by atoms with van der Waals surface area (Å²) in [6.07, 6.45) is 1.65. The molecule has 1 saturated heterocycles. The first-order chi connectivity index (χ1) is 14.0. The smallest absolute Gasteiger partial charge is 0.244 e. The molecule has 1 aromatic carbocycles. The number of benzene rings is 1. The molecule has 1 fully saturated rings. The van der Waals surface area contributed by atoms with Gasteiger partial charge in [0.2, 0.25) is 5.62 Å². The number of nitrogen functional groups attached to an aromatic ring is 1. The number of anilines is 2. The van der Waals surface area contributed by atoms with E-state index in [1.807, 2.05) is 4.90 Å². The van der Waals surface area contributed by atoms with Crippen molar-refractivity contribution < 1.29 is 8.78 Å². The Bertz CT molecular complexity index is 1080. The molecule has 0 bridgehead atoms. The van der Waals surface area contributed by atoms with Gasteiger partial charge in [0.1, 0.15) is 17.5 Å². The monoisotopic (exact) mass is 403 g/mol. The summed E-state index contributed by atoms with van der Waals surface area (Å²) in [5.74, 6) is -0.708. The number of halogens is 2. The van der Waals surface area contributed by atoms with E-state index >= 15 is 0 Å². The Morgan fingerprint density at radius 3 is 2.62 bits per heavy atom. The number of aromatic nitrogens is 4. The van der Waals surface area contributed by atoms with Crippen molar-refractivity contribution in [1.82, 2.24) is 24.3 Å². The highest BCUT2D eigenvalue weighted by molar-refractivity contribution is 5.85. The minimum atomic E-state index is -0.568. The molecule has 0 saturated carbocycles. The summed E-state index contributed by atoms with van der Waals surface area (Å²) in [6.45, 7) is 4.18. The first kappa shape index (κ1) is 19.1. The fourth-order valence-corrected chi connectivity index (χ4v) is 3.64. The lowest BCUT2D eigenvalue weighted by molar-refractivity contribution is 0.245. The highest BCUT2D eigenvalue weighted by Crippen LogP contribution is 2.21. The maximum atomic E-state index is 14.0. The quantitative estimate of drug-likeness (QED) is 0.575. The number of hydrogen-bond donors (Lipinski definition) is 3. The van der Waals surface area contributed by atoms with Crippen molar-refractivity contribution in [3.63, 3.8) is 0 Å². The molecule has 29 heavy (non-hydrogen) atoms. The topological polar surface area (TPSA) is 104 Å². The first-order valence-electron chi connectivity index (χ1n) is 9.36. The number of nitrogens with one attached hydrogen (secondary N) is 2. The summed E-state index contributed by atoms with van der Waals surface area (Å²) >= 11 is 0. The van der Waals surface area contributed by atoms with Crippen LogP contribution in [0.3, 0.4) is 0 Å². The lowest BCUT2D eigenvalue weighted by atomic mass is 10.2. The van der Waals surface area contributed by atoms with Crippen LogP contribution < -0.4 is 21.7 Å². The molecular weight excluding hydrogens is 380 g/mol. The molecule has 154 valence electrons. The van der Waals surface area contributed by atoms with Crippen LogP contribution in [0.15, 0.2) is 24.4 Å². The molecule has 0 spiro atoms. The molecule has 4 rings (SSSR count). The van der Waals surface area contributed by atoms with Crippen LogP contribution in [0.5, 0.6) is 0 Å². The Balaban J connectivity index is 1.40. The van der Waals surface area contributed by atoms with Crippen LogP contribution in [-0.2, 0) is 6.54 Å². The number of nitrogens with two attached hydrogens (primary N) is 1. The van der Waals surface area contributed by atoms with E-state index in [1.165, 1.54) is 16.8 Å². The van der Waals surface area contributed by atoms with Crippen molar-refractivity contribution in [1.29, 1.82) is 5.41 Å². The fraction of sp³-hybridized carbons (Fsp3) is 0.389. The number of nitrogens with zero attached hydrogens (tertiary/aromatic N) is 6. The molecule has 1 aliphatic rings. The molecular formula is C18H23F2N9. The number of hydrogen-bond acceptors (Lipinski definition) is 7. The van der Waals surface area contributed by atoms with Crippen LogP contribution in [0.25, 0.3) is 11.0 Å². The molecule has 4 N–H and O–H groups in total. The second-order valence-electron chi connectivity index (χ2n) is 6.91. The largest absolute Gasteiger partial charge is 0.383 e. The van der Waals surface area contributed by atoms with Gasteiger partial charge in [-0.25, -0.2) is 18.1 Å². The van der Waals surface area contributed by atoms with Gasteiger partial charge in [-0.15, -0.1) is 0 Å². The van der Waals surface area contributed by atoms with Gasteiger partial charge in [0.05, 0.1) is 23.8 Å². The summed E-state index contributed by atoms with van der Waals surface area (Å²) in [6, 6.07) is 3.69. The third-order valence-electron chi connectivity index (χ3n) is 5.23. The van der Waals surface area contributed by atoms with Gasteiger partial charge in [0.15, 0.2) is 5.65 Å². The maximum Gasteiger partial charge on any atom is 0.244 e. The van der Waals surface area contributed by atoms with E-state index in [1.54, 1.807) is 17.9 Å². The van der Waals surface area contributed by atoms with Crippen LogP contribution in [-0.4, -0.2) is 64.1 Å². The second-order valence-corrected chi connectivity index (χ2v) is 6.91. The Morgan fingerprint density at radius 1 is 1.17 bits per heavy atom. The highest BCUT2D eigenvalue weighted by Gasteiger charge is 2.20. The molecule has 2 aromatic heterocycles. The minimum absolute atomic E-state index is 0.00851. The normalized spacial score (nSPS) is 15.2. The Labute approximate surface area is 165 Å². The third kappa shape index (κ3) is 3.60. The van der Waals surface area contributed by atoms with Gasteiger partial charge in [-0.05, 0) is 12.1 Å². The molecule has 11 heteroatoms. The predicted octanol–water partition coefficient (Wildman–Crippen LogP) is 0.568. The lowest BCUT2D eigenvalue weighted by Gasteiger charge is -2.36. The first-order valence-corrected chi connectivity index (χ1v) is 9.36. The van der Waals surface area contributed by atoms with E-state index in [0.717, 1.165) is 25.7 Å². The Kier molecular flexibility index (Phi) is 5.05. The maximum absolute atomic E-state index is 14.0. The standard InChI is InChI=1S/C18H23F2N9/c1-23-29-16(21)13-11-24-28(17(13)25-18(29)22)9-6-26-4-7-27(8-5-26)15-3-2-12(19)10-14(15)20/h2-3,10-11,22-23H,4-9,21H2,1H3. The minimum Gasteiger partial charge on any atom is -0.383 e. The van der Waals surface area contributed by atoms with Crippen molar-refractivity contribution in [2.75, 3.05) is 55.8 Å². The van der Waals surface area contributed by atoms with Gasteiger partial charge in [0.25, 0.3) is 0 Å². The van der Waals surface area contributed by atoms with Crippen LogP contribution >= 0.6 is 0 Å². The molecule has 3 heterocycles. The summed E-state index contributed by atoms with van der Waals surface area (Å²) in [4.78, 5) is 8.48. The molecule has 0 unspecified atom stereocenters. The fourth-order valence-electron chi connectivity index (χ4n) is 3.64. The Morgan fingerprint density at radius 2 is 1.93 bits per heavy atom. The van der Waals surface area contributed by atoms with E-state index in [0.29, 0.717) is 42.2 Å². The van der Waals surface area contributed by atoms with Crippen LogP contribution in [0, 0.1) is 17.0 Å². The van der Waals surface area contributed by atoms with Crippen LogP contribution in [0.4, 0.5) is 20.3 Å². The van der Waals surface area contributed by atoms with Crippen molar-refractivity contribution in [3.05, 3.63) is 41.6 Å². The lowest BCUT2D eigenvalue weighted by Crippen LogP contribution is -2.47. The highest BCUT2D eigenvalue weighted by atomic mass is 19.1. The van der Waals surface area contributed by atoms with E-state index in [2.05, 4.69) is 20.4 Å². The van der Waals surface area contributed by atoms with Crippen molar-refractivity contribution >= 4 is 22.5 Å². The van der Waals surface area contributed by atoms with Gasteiger partial charge in [-0.3, -0.25) is 10.3 Å². The molecule has 0 amide bonds. The van der Waals surface area contributed by atoms with Gasteiger partial charge < -0.3 is 16.1 Å². The molecule has 3 aromatic rings. The molecule has 0 aliphatic carbocycles. The second kappa shape index (κ2) is 7.66. The summed E-state index contributed by atoms with van der Waals surface area (Å²) in [7, 11) is 1.67. The number of piperazine rings is 1. The molecule has 0 radical (unpaired) electrons. The van der Waals surface area contributed by atoms with E-state index < -0.39 is 11.6 Å². The van der Waals surface area contributed by atoms with Crippen molar-refractivity contribution in [2.45, 2.75) is 6.54 Å². The zero-order valence-electron chi connectivity index (χ0n) is 16.1. The van der Waals surface area contributed by atoms with Crippen LogP contribution in [0.2, 0.25) is 0 Å². The van der Waals surface area contributed by atoms with Crippen molar-refractivity contribution in [2.24, 2.45) is 0 Å². The van der Waals surface area contributed by atoms with Crippen LogP contribution in [0.1, 0.15) is 0 Å². The molecule has 9 nitrogen and oxygen atoms in total. The molecule has 1 aliphatic heterocycles. The Hall–Kier alpha value is -3.21. The van der Waals surface area contributed by atoms with E-state index in [4.69, 9.17) is 11.1 Å². The number of fused-ring (bicyclic) bond motifs is 1. The van der Waals surface area contributed by atoms with E-state index in [9.17, 15) is 8.78 Å². The number of rotatable bonds is 5. The summed E-state index contributed by atoms with van der Waals surface area (Å²) < 4.78 is 30.2. The van der Waals surface area contributed by atoms with E-state index in [-0.39, 0.29) is 5.62 Å². The predicted molar refractivity (Wildman–Crippen MR) is 106 cm³/mol.